The standard InChI is InChI=1S/C25H33Cl2N3O4S/c1-16(2)13-28-25(32)19(5)29(14-20-21(26)11-8-12-22(20)27)23(31)15-30(35(6,33)34)24-17(3)9-7-10-18(24)4/h7-12,16,19H,13-15H2,1-6H3,(H,28,32)/t19-/m1/s1. The first-order chi connectivity index (χ1) is 16.2. The zero-order chi connectivity index (χ0) is 26.5. The molecule has 0 aliphatic rings. The Kier molecular flexibility index (Phi) is 10.0. The van der Waals surface area contributed by atoms with Gasteiger partial charge in [0.15, 0.2) is 0 Å². The average Bonchev–Trinajstić information content (AvgIpc) is 2.75. The number of sulfonamides is 1. The first-order valence-electron chi connectivity index (χ1n) is 11.3. The van der Waals surface area contributed by atoms with E-state index in [1.165, 1.54) is 4.90 Å². The van der Waals surface area contributed by atoms with E-state index >= 15 is 0 Å². The summed E-state index contributed by atoms with van der Waals surface area (Å²) in [4.78, 5) is 27.9. The van der Waals surface area contributed by atoms with E-state index in [0.29, 0.717) is 39.0 Å². The lowest BCUT2D eigenvalue weighted by Crippen LogP contribution is -2.51. The van der Waals surface area contributed by atoms with E-state index in [2.05, 4.69) is 5.32 Å². The first-order valence-corrected chi connectivity index (χ1v) is 13.9. The number of aryl methyl sites for hydroxylation is 2. The first kappa shape index (κ1) is 28.9. The molecule has 35 heavy (non-hydrogen) atoms. The highest BCUT2D eigenvalue weighted by atomic mass is 35.5. The Morgan fingerprint density at radius 2 is 1.49 bits per heavy atom. The van der Waals surface area contributed by atoms with Crippen LogP contribution in [0.1, 0.15) is 37.5 Å². The van der Waals surface area contributed by atoms with Crippen LogP contribution in [0.2, 0.25) is 10.0 Å². The van der Waals surface area contributed by atoms with Crippen molar-refractivity contribution in [3.63, 3.8) is 0 Å². The summed E-state index contributed by atoms with van der Waals surface area (Å²) in [6.07, 6.45) is 1.06. The minimum atomic E-state index is -3.81. The largest absolute Gasteiger partial charge is 0.354 e. The second-order valence-electron chi connectivity index (χ2n) is 9.05. The second-order valence-corrected chi connectivity index (χ2v) is 11.8. The molecule has 0 aromatic heterocycles. The molecule has 0 saturated heterocycles. The van der Waals surface area contributed by atoms with Crippen LogP contribution in [-0.4, -0.2) is 50.5 Å². The van der Waals surface area contributed by atoms with Crippen LogP contribution >= 0.6 is 23.2 Å². The van der Waals surface area contributed by atoms with E-state index in [1.807, 2.05) is 19.9 Å². The van der Waals surface area contributed by atoms with Gasteiger partial charge >= 0.3 is 0 Å². The Morgan fingerprint density at radius 3 is 1.97 bits per heavy atom. The highest BCUT2D eigenvalue weighted by Gasteiger charge is 2.31. The number of hydrogen-bond donors (Lipinski definition) is 1. The zero-order valence-electron chi connectivity index (χ0n) is 20.9. The lowest BCUT2D eigenvalue weighted by molar-refractivity contribution is -0.139. The smallest absolute Gasteiger partial charge is 0.244 e. The molecule has 0 bridgehead atoms. The zero-order valence-corrected chi connectivity index (χ0v) is 23.3. The fourth-order valence-electron chi connectivity index (χ4n) is 3.66. The van der Waals surface area contributed by atoms with Crippen LogP contribution < -0.4 is 9.62 Å². The Balaban J connectivity index is 2.49. The van der Waals surface area contributed by atoms with Crippen LogP contribution in [0.15, 0.2) is 36.4 Å². The predicted molar refractivity (Wildman–Crippen MR) is 142 cm³/mol. The molecule has 1 N–H and O–H groups in total. The number of hydrogen-bond acceptors (Lipinski definition) is 4. The van der Waals surface area contributed by atoms with E-state index in [4.69, 9.17) is 23.2 Å². The number of rotatable bonds is 10. The molecule has 7 nitrogen and oxygen atoms in total. The highest BCUT2D eigenvalue weighted by Crippen LogP contribution is 2.29. The molecule has 0 unspecified atom stereocenters. The Bertz CT molecular complexity index is 1140. The van der Waals surface area contributed by atoms with Crippen molar-refractivity contribution in [2.75, 3.05) is 23.7 Å². The van der Waals surface area contributed by atoms with Gasteiger partial charge in [0.25, 0.3) is 0 Å². The molecule has 0 saturated carbocycles. The fourth-order valence-corrected chi connectivity index (χ4v) is 5.15. The molecule has 2 aromatic carbocycles. The summed E-state index contributed by atoms with van der Waals surface area (Å²) in [7, 11) is -3.81. The van der Waals surface area contributed by atoms with Crippen LogP contribution in [-0.2, 0) is 26.2 Å². The van der Waals surface area contributed by atoms with Gasteiger partial charge in [-0.15, -0.1) is 0 Å². The molecule has 0 radical (unpaired) electrons. The lowest BCUT2D eigenvalue weighted by Gasteiger charge is -2.32. The number of carbonyl (C=O) groups is 2. The number of carbonyl (C=O) groups excluding carboxylic acids is 2. The van der Waals surface area contributed by atoms with Crippen LogP contribution in [0, 0.1) is 19.8 Å². The summed E-state index contributed by atoms with van der Waals surface area (Å²) in [5, 5.41) is 3.53. The van der Waals surface area contributed by atoms with E-state index in [-0.39, 0.29) is 18.4 Å². The predicted octanol–water partition coefficient (Wildman–Crippen LogP) is 4.57. The molecule has 192 valence electrons. The normalized spacial score (nSPS) is 12.4. The summed E-state index contributed by atoms with van der Waals surface area (Å²) < 4.78 is 26.6. The summed E-state index contributed by atoms with van der Waals surface area (Å²) in [5.74, 6) is -0.687. The van der Waals surface area contributed by atoms with Crippen molar-refractivity contribution in [1.29, 1.82) is 0 Å². The van der Waals surface area contributed by atoms with E-state index < -0.39 is 28.5 Å². The summed E-state index contributed by atoms with van der Waals surface area (Å²) in [6, 6.07) is 9.48. The monoisotopic (exact) mass is 541 g/mol. The quantitative estimate of drug-likeness (QED) is 0.477. The van der Waals surface area contributed by atoms with E-state index in [1.54, 1.807) is 51.1 Å². The van der Waals surface area contributed by atoms with Crippen molar-refractivity contribution in [2.24, 2.45) is 5.92 Å². The van der Waals surface area contributed by atoms with Crippen molar-refractivity contribution in [1.82, 2.24) is 10.2 Å². The van der Waals surface area contributed by atoms with Gasteiger partial charge in [-0.3, -0.25) is 13.9 Å². The molecule has 0 fully saturated rings. The highest BCUT2D eigenvalue weighted by molar-refractivity contribution is 7.92. The van der Waals surface area contributed by atoms with Crippen molar-refractivity contribution in [3.8, 4) is 0 Å². The molecule has 2 amide bonds. The third-order valence-electron chi connectivity index (χ3n) is 5.61. The van der Waals surface area contributed by atoms with Gasteiger partial charge in [-0.2, -0.15) is 0 Å². The SMILES string of the molecule is Cc1cccc(C)c1N(CC(=O)N(Cc1c(Cl)cccc1Cl)[C@H](C)C(=O)NCC(C)C)S(C)(=O)=O. The van der Waals surface area contributed by atoms with Crippen LogP contribution in [0.5, 0.6) is 0 Å². The van der Waals surface area contributed by atoms with Crippen LogP contribution in [0.25, 0.3) is 0 Å². The van der Waals surface area contributed by atoms with Crippen LogP contribution in [0.3, 0.4) is 0 Å². The molecule has 0 aliphatic carbocycles. The van der Waals surface area contributed by atoms with Gasteiger partial charge in [0.05, 0.1) is 11.9 Å². The maximum Gasteiger partial charge on any atom is 0.244 e. The lowest BCUT2D eigenvalue weighted by atomic mass is 10.1. The summed E-state index contributed by atoms with van der Waals surface area (Å²) in [5.41, 5.74) is 2.35. The third-order valence-corrected chi connectivity index (χ3v) is 7.43. The molecule has 0 heterocycles. The van der Waals surface area contributed by atoms with Crippen molar-refractivity contribution < 1.29 is 18.0 Å². The van der Waals surface area contributed by atoms with Crippen molar-refractivity contribution in [3.05, 3.63) is 63.1 Å². The van der Waals surface area contributed by atoms with E-state index in [9.17, 15) is 18.0 Å². The number of amides is 2. The van der Waals surface area contributed by atoms with Gasteiger partial charge in [-0.05, 0) is 49.9 Å². The molecular weight excluding hydrogens is 509 g/mol. The number of benzene rings is 2. The molecule has 10 heteroatoms. The molecule has 0 spiro atoms. The number of nitrogens with zero attached hydrogens (tertiary/aromatic N) is 2. The topological polar surface area (TPSA) is 86.8 Å². The van der Waals surface area contributed by atoms with Crippen molar-refractivity contribution in [2.45, 2.75) is 47.2 Å². The second kappa shape index (κ2) is 12.1. The maximum absolute atomic E-state index is 13.7. The molecule has 2 aromatic rings. The average molecular weight is 543 g/mol. The maximum atomic E-state index is 13.7. The third kappa shape index (κ3) is 7.59. The minimum absolute atomic E-state index is 0.0576. The Morgan fingerprint density at radius 1 is 0.971 bits per heavy atom. The number of nitrogens with one attached hydrogen (secondary N) is 1. The van der Waals surface area contributed by atoms with Gasteiger partial charge < -0.3 is 10.2 Å². The van der Waals surface area contributed by atoms with Gasteiger partial charge in [-0.25, -0.2) is 8.42 Å². The summed E-state index contributed by atoms with van der Waals surface area (Å²) >= 11 is 12.7. The Labute approximate surface area is 218 Å². The number of para-hydroxylation sites is 1. The van der Waals surface area contributed by atoms with Gasteiger partial charge in [0.2, 0.25) is 21.8 Å². The minimum Gasteiger partial charge on any atom is -0.354 e. The molecular formula is C25H33Cl2N3O4S. The molecule has 1 atom stereocenters. The Hall–Kier alpha value is -2.29. The van der Waals surface area contributed by atoms with Crippen molar-refractivity contribution >= 4 is 50.7 Å². The fraction of sp³-hybridized carbons (Fsp3) is 0.440. The molecule has 2 rings (SSSR count). The van der Waals surface area contributed by atoms with Gasteiger partial charge in [0.1, 0.15) is 12.6 Å². The van der Waals surface area contributed by atoms with E-state index in [0.717, 1.165) is 10.6 Å². The van der Waals surface area contributed by atoms with Crippen LogP contribution in [0.4, 0.5) is 5.69 Å². The molecule has 0 aliphatic heterocycles. The number of anilines is 1. The number of halogens is 2. The summed E-state index contributed by atoms with van der Waals surface area (Å²) in [6.45, 7) is 9.00. The van der Waals surface area contributed by atoms with Gasteiger partial charge in [0, 0.05) is 28.7 Å². The van der Waals surface area contributed by atoms with Gasteiger partial charge in [-0.1, -0.05) is 61.3 Å².